The van der Waals surface area contributed by atoms with Gasteiger partial charge in [-0.1, -0.05) is 12.1 Å². The largest absolute Gasteiger partial charge is 0.386 e. The number of imidazole rings is 2. The first-order chi connectivity index (χ1) is 16.3. The predicted molar refractivity (Wildman–Crippen MR) is 119 cm³/mol. The quantitative estimate of drug-likeness (QED) is 0.146. The summed E-state index contributed by atoms with van der Waals surface area (Å²) in [6.07, 6.45) is -2.18. The Morgan fingerprint density at radius 2 is 2.18 bits per heavy atom. The van der Waals surface area contributed by atoms with Crippen LogP contribution >= 0.6 is 24.5 Å². The van der Waals surface area contributed by atoms with Gasteiger partial charge in [0.05, 0.1) is 17.2 Å². The topological polar surface area (TPSA) is 179 Å². The molecular weight excluding hydrogens is 539 g/mol. The number of nitro groups is 1. The Bertz CT molecular complexity index is 1520. The third-order valence-electron chi connectivity index (χ3n) is 5.70. The van der Waals surface area contributed by atoms with Crippen molar-refractivity contribution in [3.63, 3.8) is 0 Å². The molecule has 34 heavy (non-hydrogen) atoms. The van der Waals surface area contributed by atoms with E-state index >= 15 is 0 Å². The van der Waals surface area contributed by atoms with Gasteiger partial charge in [-0.25, -0.2) is 9.38 Å². The Hall–Kier alpha value is -2.78. The summed E-state index contributed by atoms with van der Waals surface area (Å²) in [6, 6.07) is 5.96. The molecule has 4 aromatic rings. The highest BCUT2D eigenvalue weighted by Gasteiger charge is 2.50. The van der Waals surface area contributed by atoms with Crippen molar-refractivity contribution in [3.8, 4) is 11.3 Å². The molecule has 2 aliphatic heterocycles. The summed E-state index contributed by atoms with van der Waals surface area (Å²) in [4.78, 5) is 45.2. The van der Waals surface area contributed by atoms with Crippen LogP contribution in [0.25, 0.3) is 28.2 Å². The van der Waals surface area contributed by atoms with E-state index in [0.29, 0.717) is 11.3 Å². The van der Waals surface area contributed by atoms with Gasteiger partial charge in [-0.05, 0) is 15.9 Å². The number of aliphatic hydroxyl groups excluding tert-OH is 1. The minimum Gasteiger partial charge on any atom is -0.386 e. The minimum atomic E-state index is -2.12. The lowest BCUT2D eigenvalue weighted by molar-refractivity contribution is -0.384. The van der Waals surface area contributed by atoms with Crippen LogP contribution in [0, 0.1) is 10.1 Å². The molecule has 0 aliphatic carbocycles. The van der Waals surface area contributed by atoms with Gasteiger partial charge in [0, 0.05) is 23.9 Å². The van der Waals surface area contributed by atoms with E-state index in [4.69, 9.17) is 13.8 Å². The Morgan fingerprint density at radius 3 is 2.97 bits per heavy atom. The first-order valence-corrected chi connectivity index (χ1v) is 11.8. The molecule has 2 aliphatic rings. The van der Waals surface area contributed by atoms with E-state index < -0.39 is 43.6 Å². The molecule has 14 nitrogen and oxygen atoms in total. The van der Waals surface area contributed by atoms with Crippen molar-refractivity contribution in [2.24, 2.45) is 0 Å². The number of aromatic nitrogens is 5. The molecule has 6 rings (SSSR count). The van der Waals surface area contributed by atoms with Crippen LogP contribution in [0.15, 0.2) is 40.0 Å². The number of H-pyrrole nitrogens is 1. The second-order valence-electron chi connectivity index (χ2n) is 7.67. The third kappa shape index (κ3) is 3.28. The van der Waals surface area contributed by atoms with Crippen molar-refractivity contribution in [3.05, 3.63) is 55.7 Å². The van der Waals surface area contributed by atoms with E-state index in [1.165, 1.54) is 27.3 Å². The number of aromatic amines is 1. The summed E-state index contributed by atoms with van der Waals surface area (Å²) in [7, 11) is -2.12. The molecule has 0 saturated carbocycles. The average Bonchev–Trinajstić information content (AvgIpc) is 3.48. The summed E-state index contributed by atoms with van der Waals surface area (Å²) in [5.74, 6) is 0.163. The standard InChI is InChI=1S/C18H14BrN6O8P/c19-17-21-11-14(24(17)16-12(26)13-10(32-16)6-31-34(30)33-13)22-18-20-9(5-23(18)15(11)27)7-2-1-3-8(4-7)25(28)29/h1-5,10,12-13,16,26,30H,6H2,(H,20,22). The van der Waals surface area contributed by atoms with Gasteiger partial charge in [0.25, 0.3) is 11.2 Å². The maximum atomic E-state index is 13.2. The Morgan fingerprint density at radius 1 is 1.35 bits per heavy atom. The lowest BCUT2D eigenvalue weighted by Crippen LogP contribution is -2.38. The normalized spacial score (nSPS) is 26.9. The zero-order chi connectivity index (χ0) is 23.7. The number of hydrogen-bond acceptors (Lipinski definition) is 10. The van der Waals surface area contributed by atoms with Crippen LogP contribution in [0.5, 0.6) is 0 Å². The predicted octanol–water partition coefficient (Wildman–Crippen LogP) is 1.60. The number of aliphatic hydroxyl groups is 1. The van der Waals surface area contributed by atoms with Crippen LogP contribution in [0.1, 0.15) is 6.23 Å². The number of ether oxygens (including phenoxy) is 1. The van der Waals surface area contributed by atoms with E-state index in [1.54, 1.807) is 12.1 Å². The van der Waals surface area contributed by atoms with Crippen molar-refractivity contribution in [1.29, 1.82) is 0 Å². The van der Waals surface area contributed by atoms with Gasteiger partial charge in [-0.2, -0.15) is 4.98 Å². The van der Waals surface area contributed by atoms with Crippen molar-refractivity contribution in [2.75, 3.05) is 6.61 Å². The third-order valence-corrected chi connectivity index (χ3v) is 7.05. The highest BCUT2D eigenvalue weighted by Crippen LogP contribution is 2.47. The molecule has 176 valence electrons. The fourth-order valence-corrected chi connectivity index (χ4v) is 5.48. The smallest absolute Gasteiger partial charge is 0.330 e. The second-order valence-corrected chi connectivity index (χ2v) is 9.32. The Balaban J connectivity index is 1.47. The zero-order valence-electron chi connectivity index (χ0n) is 16.8. The molecule has 0 bridgehead atoms. The first-order valence-electron chi connectivity index (χ1n) is 9.87. The number of non-ortho nitro benzene ring substituents is 1. The number of nitro benzene ring substituents is 1. The summed E-state index contributed by atoms with van der Waals surface area (Å²) >= 11 is 3.31. The summed E-state index contributed by atoms with van der Waals surface area (Å²) < 4.78 is 19.2. The van der Waals surface area contributed by atoms with Crippen molar-refractivity contribution >= 4 is 47.2 Å². The van der Waals surface area contributed by atoms with Gasteiger partial charge < -0.3 is 28.8 Å². The molecule has 0 spiro atoms. The highest BCUT2D eigenvalue weighted by atomic mass is 79.9. The van der Waals surface area contributed by atoms with Crippen molar-refractivity contribution in [1.82, 2.24) is 23.9 Å². The van der Waals surface area contributed by atoms with Crippen molar-refractivity contribution in [2.45, 2.75) is 24.5 Å². The average molecular weight is 553 g/mol. The van der Waals surface area contributed by atoms with Crippen molar-refractivity contribution < 1.29 is 28.7 Å². The van der Waals surface area contributed by atoms with Crippen LogP contribution in [0.4, 0.5) is 5.69 Å². The van der Waals surface area contributed by atoms with E-state index in [9.17, 15) is 24.9 Å². The molecule has 0 amide bonds. The maximum absolute atomic E-state index is 13.2. The van der Waals surface area contributed by atoms with Gasteiger partial charge in [-0.3, -0.25) is 19.5 Å². The molecule has 2 saturated heterocycles. The van der Waals surface area contributed by atoms with Crippen LogP contribution in [-0.2, 0) is 13.8 Å². The number of hydrogen-bond donors (Lipinski definition) is 3. The van der Waals surface area contributed by atoms with E-state index in [1.807, 2.05) is 0 Å². The van der Waals surface area contributed by atoms with Crippen LogP contribution in [0.2, 0.25) is 0 Å². The van der Waals surface area contributed by atoms with E-state index in [0.717, 1.165) is 0 Å². The molecule has 5 unspecified atom stereocenters. The maximum Gasteiger partial charge on any atom is 0.330 e. The van der Waals surface area contributed by atoms with Gasteiger partial charge in [0.2, 0.25) is 5.78 Å². The number of nitrogens with zero attached hydrogens (tertiary/aromatic N) is 5. The molecule has 1 aromatic carbocycles. The molecule has 5 heterocycles. The van der Waals surface area contributed by atoms with E-state index in [2.05, 4.69) is 30.9 Å². The monoisotopic (exact) mass is 552 g/mol. The Labute approximate surface area is 198 Å². The van der Waals surface area contributed by atoms with Gasteiger partial charge in [0.1, 0.15) is 18.3 Å². The molecule has 5 atom stereocenters. The molecule has 2 fully saturated rings. The van der Waals surface area contributed by atoms with E-state index in [-0.39, 0.29) is 34.0 Å². The fraction of sp³-hybridized carbons (Fsp3) is 0.278. The molecular formula is C18H14BrN6O8P. The number of rotatable bonds is 3. The summed E-state index contributed by atoms with van der Waals surface area (Å²) in [6.45, 7) is 0.0359. The Kier molecular flexibility index (Phi) is 5.04. The van der Waals surface area contributed by atoms with Gasteiger partial charge >= 0.3 is 8.60 Å². The summed E-state index contributed by atoms with van der Waals surface area (Å²) in [5.41, 5.74) is 0.509. The fourth-order valence-electron chi connectivity index (χ4n) is 4.13. The molecule has 0 radical (unpaired) electrons. The molecule has 3 aromatic heterocycles. The van der Waals surface area contributed by atoms with Gasteiger partial charge in [0.15, 0.2) is 22.1 Å². The number of halogens is 1. The summed E-state index contributed by atoms with van der Waals surface area (Å²) in [5, 5.41) is 21.9. The number of nitrogens with one attached hydrogen (secondary N) is 1. The second kappa shape index (κ2) is 7.88. The van der Waals surface area contributed by atoms with Crippen LogP contribution < -0.4 is 5.56 Å². The first kappa shape index (κ1) is 21.7. The lowest BCUT2D eigenvalue weighted by Gasteiger charge is -2.27. The van der Waals surface area contributed by atoms with Gasteiger partial charge in [-0.15, -0.1) is 0 Å². The zero-order valence-corrected chi connectivity index (χ0v) is 19.3. The SMILES string of the molecule is O=c1c2nc(Br)n(C3OC4COP(O)OC4C3O)c2nc2[nH]c(-c3cccc([N+](=O)[O-])c3)cn12. The highest BCUT2D eigenvalue weighted by molar-refractivity contribution is 9.10. The molecule has 16 heteroatoms. The lowest BCUT2D eigenvalue weighted by atomic mass is 10.1. The number of benzene rings is 1. The minimum absolute atomic E-state index is 0.0150. The molecule has 3 N–H and O–H groups in total. The van der Waals surface area contributed by atoms with Crippen LogP contribution in [-0.4, -0.2) is 63.8 Å². The number of fused-ring (bicyclic) bond motifs is 3. The van der Waals surface area contributed by atoms with Crippen LogP contribution in [0.3, 0.4) is 0 Å².